The molecule has 0 unspecified atom stereocenters. The van der Waals surface area contributed by atoms with Gasteiger partial charge in [-0.3, -0.25) is 10.1 Å². The van der Waals surface area contributed by atoms with E-state index in [2.05, 4.69) is 16.4 Å². The molecule has 1 aromatic heterocycles. The van der Waals surface area contributed by atoms with Crippen molar-refractivity contribution in [2.24, 2.45) is 5.41 Å². The summed E-state index contributed by atoms with van der Waals surface area (Å²) in [5.74, 6) is -0.286. The van der Waals surface area contributed by atoms with E-state index in [-0.39, 0.29) is 12.0 Å². The zero-order valence-electron chi connectivity index (χ0n) is 12.7. The summed E-state index contributed by atoms with van der Waals surface area (Å²) in [6, 6.07) is 9.71. The number of esters is 1. The minimum atomic E-state index is -0.650. The van der Waals surface area contributed by atoms with Crippen molar-refractivity contribution in [1.82, 2.24) is 10.3 Å². The molecule has 0 radical (unpaired) electrons. The first kappa shape index (κ1) is 14.6. The predicted octanol–water partition coefficient (Wildman–Crippen LogP) is 2.66. The van der Waals surface area contributed by atoms with Crippen molar-refractivity contribution < 1.29 is 9.53 Å². The third kappa shape index (κ3) is 2.26. The Labute approximate surface area is 129 Å². The van der Waals surface area contributed by atoms with Crippen molar-refractivity contribution in [2.75, 3.05) is 6.61 Å². The number of benzene rings is 1. The molecule has 1 aliphatic rings. The maximum absolute atomic E-state index is 12.0. The van der Waals surface area contributed by atoms with E-state index in [9.17, 15) is 10.1 Å². The zero-order valence-corrected chi connectivity index (χ0v) is 12.7. The van der Waals surface area contributed by atoms with Crippen molar-refractivity contribution in [3.05, 3.63) is 36.0 Å². The van der Waals surface area contributed by atoms with Crippen LogP contribution in [0.15, 0.2) is 30.5 Å². The number of aromatic amines is 1. The van der Waals surface area contributed by atoms with Gasteiger partial charge >= 0.3 is 5.97 Å². The second-order valence-electron chi connectivity index (χ2n) is 5.93. The Kier molecular flexibility index (Phi) is 3.63. The van der Waals surface area contributed by atoms with E-state index >= 15 is 0 Å². The molecule has 2 aromatic rings. The molecule has 3 rings (SSSR count). The van der Waals surface area contributed by atoms with Gasteiger partial charge in [-0.1, -0.05) is 18.2 Å². The van der Waals surface area contributed by atoms with Crippen LogP contribution in [0.2, 0.25) is 0 Å². The summed E-state index contributed by atoms with van der Waals surface area (Å²) < 4.78 is 5.10. The summed E-state index contributed by atoms with van der Waals surface area (Å²) >= 11 is 0. The maximum Gasteiger partial charge on any atom is 0.323 e. The lowest BCUT2D eigenvalue weighted by Crippen LogP contribution is -2.34. The fourth-order valence-corrected chi connectivity index (χ4v) is 3.26. The second-order valence-corrected chi connectivity index (χ2v) is 5.93. The number of hydrogen-bond donors (Lipinski definition) is 2. The Morgan fingerprint density at radius 3 is 3.00 bits per heavy atom. The molecule has 1 saturated heterocycles. The summed E-state index contributed by atoms with van der Waals surface area (Å²) in [7, 11) is 0. The topological polar surface area (TPSA) is 77.9 Å². The first-order valence-corrected chi connectivity index (χ1v) is 7.49. The largest absolute Gasteiger partial charge is 0.465 e. The van der Waals surface area contributed by atoms with Crippen molar-refractivity contribution in [1.29, 1.82) is 5.26 Å². The summed E-state index contributed by atoms with van der Waals surface area (Å²) in [5.41, 5.74) is 1.40. The van der Waals surface area contributed by atoms with Crippen LogP contribution >= 0.6 is 0 Å². The van der Waals surface area contributed by atoms with Crippen LogP contribution < -0.4 is 5.32 Å². The Hall–Kier alpha value is -2.32. The number of hydrogen-bond acceptors (Lipinski definition) is 4. The van der Waals surface area contributed by atoms with Gasteiger partial charge in [0.1, 0.15) is 6.04 Å². The standard InChI is InChI=1S/C17H19N3O2/c1-3-22-16(21)14-8-17(2,10-18)15(20-14)12-9-19-13-7-5-4-6-11(12)13/h4-7,9,14-15,19-20H,3,8H2,1-2H3/t14-,15-,17+/m0/s1. The monoisotopic (exact) mass is 297 g/mol. The van der Waals surface area contributed by atoms with E-state index in [1.165, 1.54) is 0 Å². The molecule has 0 spiro atoms. The molecule has 22 heavy (non-hydrogen) atoms. The number of nitriles is 1. The van der Waals surface area contributed by atoms with Gasteiger partial charge in [-0.2, -0.15) is 5.26 Å². The number of nitrogens with one attached hydrogen (secondary N) is 2. The first-order chi connectivity index (χ1) is 10.6. The summed E-state index contributed by atoms with van der Waals surface area (Å²) in [5, 5.41) is 14.0. The van der Waals surface area contributed by atoms with E-state index < -0.39 is 11.5 Å². The minimum absolute atomic E-state index is 0.206. The normalized spacial score (nSPS) is 27.7. The molecule has 0 amide bonds. The average molecular weight is 297 g/mol. The third-order valence-corrected chi connectivity index (χ3v) is 4.39. The van der Waals surface area contributed by atoms with Crippen molar-refractivity contribution in [3.8, 4) is 6.07 Å². The van der Waals surface area contributed by atoms with Gasteiger partial charge in [0.15, 0.2) is 0 Å². The van der Waals surface area contributed by atoms with Gasteiger partial charge in [-0.25, -0.2) is 0 Å². The van der Waals surface area contributed by atoms with Gasteiger partial charge in [-0.15, -0.1) is 0 Å². The third-order valence-electron chi connectivity index (χ3n) is 4.39. The van der Waals surface area contributed by atoms with E-state index in [1.54, 1.807) is 6.92 Å². The minimum Gasteiger partial charge on any atom is -0.465 e. The fourth-order valence-electron chi connectivity index (χ4n) is 3.26. The molecule has 0 bridgehead atoms. The van der Waals surface area contributed by atoms with Gasteiger partial charge in [0.2, 0.25) is 0 Å². The van der Waals surface area contributed by atoms with Gasteiger partial charge < -0.3 is 9.72 Å². The number of carbonyl (C=O) groups excluding carboxylic acids is 1. The lowest BCUT2D eigenvalue weighted by atomic mass is 9.80. The van der Waals surface area contributed by atoms with E-state index in [4.69, 9.17) is 4.74 Å². The number of carbonyl (C=O) groups is 1. The Morgan fingerprint density at radius 2 is 2.27 bits per heavy atom. The number of para-hydroxylation sites is 1. The molecule has 1 fully saturated rings. The maximum atomic E-state index is 12.0. The molecular weight excluding hydrogens is 278 g/mol. The number of fused-ring (bicyclic) bond motifs is 1. The lowest BCUT2D eigenvalue weighted by Gasteiger charge is -2.23. The zero-order chi connectivity index (χ0) is 15.7. The number of aromatic nitrogens is 1. The molecule has 1 aromatic carbocycles. The van der Waals surface area contributed by atoms with Crippen LogP contribution in [0, 0.1) is 16.7 Å². The van der Waals surface area contributed by atoms with E-state index in [1.807, 2.05) is 37.4 Å². The fraction of sp³-hybridized carbons (Fsp3) is 0.412. The molecule has 2 N–H and O–H groups in total. The Bertz CT molecular complexity index is 746. The molecule has 114 valence electrons. The predicted molar refractivity (Wildman–Crippen MR) is 82.9 cm³/mol. The van der Waals surface area contributed by atoms with E-state index in [0.29, 0.717) is 13.0 Å². The van der Waals surface area contributed by atoms with Crippen LogP contribution in [0.3, 0.4) is 0 Å². The van der Waals surface area contributed by atoms with Crippen LogP contribution in [0.5, 0.6) is 0 Å². The molecule has 3 atom stereocenters. The highest BCUT2D eigenvalue weighted by Crippen LogP contribution is 2.45. The highest BCUT2D eigenvalue weighted by atomic mass is 16.5. The van der Waals surface area contributed by atoms with Gasteiger partial charge in [0.05, 0.1) is 24.1 Å². The second kappa shape index (κ2) is 5.47. The van der Waals surface area contributed by atoms with Crippen LogP contribution in [-0.2, 0) is 9.53 Å². The van der Waals surface area contributed by atoms with Gasteiger partial charge in [0.25, 0.3) is 0 Å². The Morgan fingerprint density at radius 1 is 1.50 bits per heavy atom. The van der Waals surface area contributed by atoms with E-state index in [0.717, 1.165) is 16.5 Å². The first-order valence-electron chi connectivity index (χ1n) is 7.49. The van der Waals surface area contributed by atoms with Crippen molar-refractivity contribution in [3.63, 3.8) is 0 Å². The van der Waals surface area contributed by atoms with Crippen molar-refractivity contribution >= 4 is 16.9 Å². The average Bonchev–Trinajstić information content (AvgIpc) is 3.09. The molecule has 5 heteroatoms. The number of ether oxygens (including phenoxy) is 1. The van der Waals surface area contributed by atoms with Crippen LogP contribution in [0.4, 0.5) is 0 Å². The summed E-state index contributed by atoms with van der Waals surface area (Å²) in [4.78, 5) is 15.3. The highest BCUT2D eigenvalue weighted by molar-refractivity contribution is 5.84. The lowest BCUT2D eigenvalue weighted by molar-refractivity contribution is -0.145. The molecule has 0 aliphatic carbocycles. The SMILES string of the molecule is CCOC(=O)[C@@H]1C[C@](C)(C#N)[C@H](c2c[nH]c3ccccc23)N1. The molecule has 1 aliphatic heterocycles. The van der Waals surface area contributed by atoms with Crippen LogP contribution in [0.25, 0.3) is 10.9 Å². The number of rotatable bonds is 3. The number of nitrogens with zero attached hydrogens (tertiary/aromatic N) is 1. The Balaban J connectivity index is 1.98. The molecule has 2 heterocycles. The van der Waals surface area contributed by atoms with Crippen molar-refractivity contribution in [2.45, 2.75) is 32.4 Å². The smallest absolute Gasteiger partial charge is 0.323 e. The molecule has 0 saturated carbocycles. The quantitative estimate of drug-likeness (QED) is 0.854. The van der Waals surface area contributed by atoms with Gasteiger partial charge in [0, 0.05) is 17.1 Å². The van der Waals surface area contributed by atoms with Crippen LogP contribution in [-0.4, -0.2) is 23.6 Å². The molecular formula is C17H19N3O2. The molecule has 5 nitrogen and oxygen atoms in total. The highest BCUT2D eigenvalue weighted by Gasteiger charge is 2.48. The van der Waals surface area contributed by atoms with Crippen LogP contribution in [0.1, 0.15) is 31.9 Å². The summed E-state index contributed by atoms with van der Waals surface area (Å²) in [6.45, 7) is 4.02. The van der Waals surface area contributed by atoms with Gasteiger partial charge in [-0.05, 0) is 31.9 Å². The summed E-state index contributed by atoms with van der Waals surface area (Å²) in [6.07, 6.45) is 2.37. The number of H-pyrrole nitrogens is 1.